The van der Waals surface area contributed by atoms with Crippen molar-refractivity contribution < 1.29 is 13.2 Å². The second-order valence-corrected chi connectivity index (χ2v) is 10.2. The Morgan fingerprint density at radius 1 is 1.00 bits per heavy atom. The van der Waals surface area contributed by atoms with Gasteiger partial charge in [-0.25, -0.2) is 8.42 Å². The van der Waals surface area contributed by atoms with Crippen molar-refractivity contribution in [2.45, 2.75) is 44.4 Å². The monoisotopic (exact) mass is 448 g/mol. The topological polar surface area (TPSA) is 66.5 Å². The fraction of sp³-hybridized carbons (Fsp3) is 0.269. The molecule has 0 bridgehead atoms. The molecule has 6 heteroatoms. The molecule has 0 spiro atoms. The van der Waals surface area contributed by atoms with Gasteiger partial charge in [0.1, 0.15) is 0 Å². The fourth-order valence-electron chi connectivity index (χ4n) is 4.05. The SMILES string of the molecule is Cc1ccc(C)c(NC(=O)CCc2ccc(S(=O)(=O)N3CCCc4ccccc43)cc2)c1. The van der Waals surface area contributed by atoms with E-state index in [1.54, 1.807) is 24.3 Å². The zero-order valence-electron chi connectivity index (χ0n) is 18.5. The third-order valence-electron chi connectivity index (χ3n) is 5.89. The Labute approximate surface area is 190 Å². The van der Waals surface area contributed by atoms with E-state index in [1.807, 2.05) is 56.3 Å². The van der Waals surface area contributed by atoms with Gasteiger partial charge in [-0.3, -0.25) is 9.10 Å². The van der Waals surface area contributed by atoms with E-state index in [-0.39, 0.29) is 10.8 Å². The van der Waals surface area contributed by atoms with Crippen LogP contribution < -0.4 is 9.62 Å². The normalized spacial score (nSPS) is 13.5. The molecule has 0 unspecified atom stereocenters. The summed E-state index contributed by atoms with van der Waals surface area (Å²) in [5, 5.41) is 2.97. The van der Waals surface area contributed by atoms with Crippen LogP contribution in [0.1, 0.15) is 35.1 Å². The van der Waals surface area contributed by atoms with E-state index in [4.69, 9.17) is 0 Å². The van der Waals surface area contributed by atoms with Gasteiger partial charge in [-0.1, -0.05) is 42.5 Å². The van der Waals surface area contributed by atoms with Gasteiger partial charge in [-0.2, -0.15) is 0 Å². The van der Waals surface area contributed by atoms with Gasteiger partial charge in [0.25, 0.3) is 10.0 Å². The number of anilines is 2. The fourth-order valence-corrected chi connectivity index (χ4v) is 5.59. The Morgan fingerprint density at radius 2 is 1.75 bits per heavy atom. The molecule has 0 fully saturated rings. The Hall–Kier alpha value is -3.12. The molecule has 1 aliphatic rings. The van der Waals surface area contributed by atoms with Crippen LogP contribution in [0.2, 0.25) is 0 Å². The van der Waals surface area contributed by atoms with Crippen molar-refractivity contribution in [3.63, 3.8) is 0 Å². The summed E-state index contributed by atoms with van der Waals surface area (Å²) in [6.45, 7) is 4.45. The minimum atomic E-state index is -3.62. The van der Waals surface area contributed by atoms with E-state index >= 15 is 0 Å². The molecule has 0 aromatic heterocycles. The number of para-hydroxylation sites is 1. The molecule has 32 heavy (non-hydrogen) atoms. The van der Waals surface area contributed by atoms with Crippen molar-refractivity contribution in [3.05, 3.63) is 89.0 Å². The van der Waals surface area contributed by atoms with Crippen molar-refractivity contribution in [2.24, 2.45) is 0 Å². The summed E-state index contributed by atoms with van der Waals surface area (Å²) in [5.41, 5.74) is 5.72. The number of hydrogen-bond acceptors (Lipinski definition) is 3. The van der Waals surface area contributed by atoms with Gasteiger partial charge >= 0.3 is 0 Å². The third-order valence-corrected chi connectivity index (χ3v) is 7.71. The standard InChI is InChI=1S/C26H28N2O3S/c1-19-9-10-20(2)24(18-19)27-26(29)16-13-21-11-14-23(15-12-21)32(30,31)28-17-5-7-22-6-3-4-8-25(22)28/h3-4,6,8-12,14-15,18H,5,7,13,16-17H2,1-2H3,(H,27,29). The van der Waals surface area contributed by atoms with Crippen molar-refractivity contribution in [2.75, 3.05) is 16.2 Å². The summed E-state index contributed by atoms with van der Waals surface area (Å²) in [6.07, 6.45) is 2.58. The molecule has 1 aliphatic heterocycles. The minimum absolute atomic E-state index is 0.0553. The number of aryl methyl sites for hydroxylation is 4. The Morgan fingerprint density at radius 3 is 2.53 bits per heavy atom. The lowest BCUT2D eigenvalue weighted by atomic mass is 10.0. The van der Waals surface area contributed by atoms with Gasteiger partial charge < -0.3 is 5.32 Å². The molecule has 1 heterocycles. The van der Waals surface area contributed by atoms with Crippen LogP contribution in [0.15, 0.2) is 71.6 Å². The average Bonchev–Trinajstić information content (AvgIpc) is 2.80. The smallest absolute Gasteiger partial charge is 0.264 e. The molecule has 1 N–H and O–H groups in total. The predicted molar refractivity (Wildman–Crippen MR) is 129 cm³/mol. The van der Waals surface area contributed by atoms with Crippen LogP contribution in [0.25, 0.3) is 0 Å². The number of rotatable bonds is 6. The first kappa shape index (κ1) is 22.1. The van der Waals surface area contributed by atoms with Crippen molar-refractivity contribution in [1.29, 1.82) is 0 Å². The van der Waals surface area contributed by atoms with E-state index in [1.165, 1.54) is 4.31 Å². The predicted octanol–water partition coefficient (Wildman–Crippen LogP) is 5.02. The Balaban J connectivity index is 1.42. The number of benzene rings is 3. The molecule has 3 aromatic rings. The lowest BCUT2D eigenvalue weighted by Crippen LogP contribution is -2.35. The summed E-state index contributed by atoms with van der Waals surface area (Å²) in [7, 11) is -3.62. The van der Waals surface area contributed by atoms with Gasteiger partial charge in [0.15, 0.2) is 0 Å². The van der Waals surface area contributed by atoms with Crippen LogP contribution in [-0.2, 0) is 27.7 Å². The van der Waals surface area contributed by atoms with Gasteiger partial charge in [0.05, 0.1) is 10.6 Å². The first-order chi connectivity index (χ1) is 15.3. The van der Waals surface area contributed by atoms with Gasteiger partial charge in [-0.05, 0) is 79.6 Å². The molecule has 0 saturated carbocycles. The van der Waals surface area contributed by atoms with E-state index < -0.39 is 10.0 Å². The number of carbonyl (C=O) groups excluding carboxylic acids is 1. The van der Waals surface area contributed by atoms with Crippen molar-refractivity contribution >= 4 is 27.3 Å². The van der Waals surface area contributed by atoms with Crippen LogP contribution >= 0.6 is 0 Å². The number of sulfonamides is 1. The molecule has 0 atom stereocenters. The molecule has 3 aromatic carbocycles. The Bertz CT molecular complexity index is 1230. The number of fused-ring (bicyclic) bond motifs is 1. The third kappa shape index (κ3) is 4.70. The summed E-state index contributed by atoms with van der Waals surface area (Å²) in [6, 6.07) is 20.5. The van der Waals surface area contributed by atoms with Crippen LogP contribution in [0.3, 0.4) is 0 Å². The van der Waals surface area contributed by atoms with Crippen LogP contribution in [0.5, 0.6) is 0 Å². The van der Waals surface area contributed by atoms with Crippen LogP contribution in [0, 0.1) is 13.8 Å². The largest absolute Gasteiger partial charge is 0.326 e. The summed E-state index contributed by atoms with van der Waals surface area (Å²) in [4.78, 5) is 12.7. The maximum Gasteiger partial charge on any atom is 0.264 e. The molecule has 166 valence electrons. The minimum Gasteiger partial charge on any atom is -0.326 e. The summed E-state index contributed by atoms with van der Waals surface area (Å²) < 4.78 is 28.0. The van der Waals surface area contributed by atoms with Gasteiger partial charge in [0.2, 0.25) is 5.91 Å². The number of nitrogens with one attached hydrogen (secondary N) is 1. The van der Waals surface area contributed by atoms with Crippen LogP contribution in [0.4, 0.5) is 11.4 Å². The number of carbonyl (C=O) groups is 1. The summed E-state index contributed by atoms with van der Waals surface area (Å²) >= 11 is 0. The number of hydrogen-bond donors (Lipinski definition) is 1. The maximum atomic E-state index is 13.3. The molecule has 0 radical (unpaired) electrons. The second-order valence-electron chi connectivity index (χ2n) is 8.32. The van der Waals surface area contributed by atoms with E-state index in [2.05, 4.69) is 5.32 Å². The first-order valence-corrected chi connectivity index (χ1v) is 12.4. The first-order valence-electron chi connectivity index (χ1n) is 10.9. The molecular formula is C26H28N2O3S. The van der Waals surface area contributed by atoms with E-state index in [9.17, 15) is 13.2 Å². The molecule has 4 rings (SSSR count). The van der Waals surface area contributed by atoms with Crippen LogP contribution in [-0.4, -0.2) is 20.9 Å². The number of amides is 1. The van der Waals surface area contributed by atoms with Crippen molar-refractivity contribution in [1.82, 2.24) is 0 Å². The van der Waals surface area contributed by atoms with E-state index in [0.717, 1.165) is 46.5 Å². The zero-order valence-corrected chi connectivity index (χ0v) is 19.3. The highest BCUT2D eigenvalue weighted by molar-refractivity contribution is 7.92. The summed E-state index contributed by atoms with van der Waals surface area (Å²) in [5.74, 6) is -0.0553. The zero-order chi connectivity index (χ0) is 22.7. The molecule has 1 amide bonds. The highest BCUT2D eigenvalue weighted by Crippen LogP contribution is 2.31. The quantitative estimate of drug-likeness (QED) is 0.576. The molecule has 5 nitrogen and oxygen atoms in total. The highest BCUT2D eigenvalue weighted by Gasteiger charge is 2.28. The van der Waals surface area contributed by atoms with E-state index in [0.29, 0.717) is 19.4 Å². The lowest BCUT2D eigenvalue weighted by molar-refractivity contribution is -0.116. The van der Waals surface area contributed by atoms with Crippen molar-refractivity contribution in [3.8, 4) is 0 Å². The maximum absolute atomic E-state index is 13.3. The molecular weight excluding hydrogens is 420 g/mol. The Kier molecular flexibility index (Phi) is 6.33. The van der Waals surface area contributed by atoms with Gasteiger partial charge in [-0.15, -0.1) is 0 Å². The second kappa shape index (κ2) is 9.17. The van der Waals surface area contributed by atoms with Gasteiger partial charge in [0, 0.05) is 18.7 Å². The highest BCUT2D eigenvalue weighted by atomic mass is 32.2. The molecule has 0 aliphatic carbocycles. The average molecular weight is 449 g/mol. The number of nitrogens with zero attached hydrogens (tertiary/aromatic N) is 1. The molecule has 0 saturated heterocycles. The lowest BCUT2D eigenvalue weighted by Gasteiger charge is -2.30.